The van der Waals surface area contributed by atoms with Crippen molar-refractivity contribution in [2.24, 2.45) is 0 Å². The lowest BCUT2D eigenvalue weighted by atomic mass is 10.2. The number of nitrogens with one attached hydrogen (secondary N) is 3. The van der Waals surface area contributed by atoms with Gasteiger partial charge in [0.1, 0.15) is 0 Å². The van der Waals surface area contributed by atoms with Gasteiger partial charge in [-0.25, -0.2) is 9.78 Å². The quantitative estimate of drug-likeness (QED) is 0.676. The van der Waals surface area contributed by atoms with Crippen molar-refractivity contribution in [2.45, 2.75) is 13.5 Å². The molecular weight excluding hydrogens is 254 g/mol. The molecule has 20 heavy (non-hydrogen) atoms. The molecule has 3 N–H and O–H groups in total. The Kier molecular flexibility index (Phi) is 3.12. The van der Waals surface area contributed by atoms with Gasteiger partial charge in [0.25, 0.3) is 0 Å². The van der Waals surface area contributed by atoms with Gasteiger partial charge in [-0.05, 0) is 31.2 Å². The predicted octanol–water partition coefficient (Wildman–Crippen LogP) is 1.81. The first kappa shape index (κ1) is 12.3. The highest BCUT2D eigenvalue weighted by Gasteiger charge is 2.02. The van der Waals surface area contributed by atoms with Gasteiger partial charge < -0.3 is 15.3 Å². The van der Waals surface area contributed by atoms with E-state index < -0.39 is 0 Å². The summed E-state index contributed by atoms with van der Waals surface area (Å²) in [5.41, 5.74) is 3.74. The van der Waals surface area contributed by atoms with Crippen LogP contribution in [0.25, 0.3) is 5.69 Å². The largest absolute Gasteiger partial charge is 0.379 e. The SMILES string of the molecule is Cc1[nH]cnc1CNc1ccc(-n2cc[nH]c2=O)cc1. The number of H-pyrrole nitrogens is 2. The Hall–Kier alpha value is -2.76. The van der Waals surface area contributed by atoms with E-state index in [1.165, 1.54) is 0 Å². The van der Waals surface area contributed by atoms with Crippen LogP contribution in [0.3, 0.4) is 0 Å². The van der Waals surface area contributed by atoms with E-state index in [0.717, 1.165) is 22.8 Å². The van der Waals surface area contributed by atoms with Crippen LogP contribution in [-0.2, 0) is 6.54 Å². The number of imidazole rings is 2. The molecule has 0 aliphatic heterocycles. The minimum Gasteiger partial charge on any atom is -0.379 e. The Labute approximate surface area is 115 Å². The van der Waals surface area contributed by atoms with Crippen molar-refractivity contribution in [3.05, 3.63) is 64.9 Å². The van der Waals surface area contributed by atoms with E-state index in [-0.39, 0.29) is 5.69 Å². The van der Waals surface area contributed by atoms with Crippen molar-refractivity contribution in [2.75, 3.05) is 5.32 Å². The third-order valence-corrected chi connectivity index (χ3v) is 3.19. The highest BCUT2D eigenvalue weighted by atomic mass is 16.1. The average Bonchev–Trinajstić information content (AvgIpc) is 3.06. The maximum atomic E-state index is 11.5. The standard InChI is InChI=1S/C14H15N5O/c1-10-13(18-9-17-10)8-16-11-2-4-12(5-3-11)19-7-6-15-14(19)20/h2-7,9,16H,8H2,1H3,(H,15,20)(H,17,18). The molecule has 0 aliphatic carbocycles. The molecule has 3 aromatic rings. The van der Waals surface area contributed by atoms with E-state index in [1.54, 1.807) is 23.3 Å². The van der Waals surface area contributed by atoms with Crippen LogP contribution in [0.15, 0.2) is 47.8 Å². The van der Waals surface area contributed by atoms with Crippen molar-refractivity contribution in [3.63, 3.8) is 0 Å². The number of aromatic nitrogens is 4. The molecule has 0 aliphatic rings. The summed E-state index contributed by atoms with van der Waals surface area (Å²) in [5.74, 6) is 0. The number of hydrogen-bond donors (Lipinski definition) is 3. The van der Waals surface area contributed by atoms with E-state index in [1.807, 2.05) is 31.2 Å². The van der Waals surface area contributed by atoms with Gasteiger partial charge in [0.2, 0.25) is 0 Å². The Bertz CT molecular complexity index is 750. The molecule has 6 nitrogen and oxygen atoms in total. The molecule has 0 atom stereocenters. The molecule has 2 heterocycles. The van der Waals surface area contributed by atoms with E-state index in [2.05, 4.69) is 20.3 Å². The number of aryl methyl sites for hydroxylation is 1. The van der Waals surface area contributed by atoms with E-state index in [4.69, 9.17) is 0 Å². The van der Waals surface area contributed by atoms with Crippen molar-refractivity contribution in [1.29, 1.82) is 0 Å². The third-order valence-electron chi connectivity index (χ3n) is 3.19. The fraction of sp³-hybridized carbons (Fsp3) is 0.143. The Morgan fingerprint density at radius 3 is 2.65 bits per heavy atom. The average molecular weight is 269 g/mol. The van der Waals surface area contributed by atoms with Crippen LogP contribution in [0.4, 0.5) is 5.69 Å². The summed E-state index contributed by atoms with van der Waals surface area (Å²) < 4.78 is 1.56. The lowest BCUT2D eigenvalue weighted by molar-refractivity contribution is 0.986. The third kappa shape index (κ3) is 2.35. The number of rotatable bonds is 4. The molecular formula is C14H15N5O. The fourth-order valence-corrected chi connectivity index (χ4v) is 2.01. The lowest BCUT2D eigenvalue weighted by Crippen LogP contribution is -2.13. The second-order valence-corrected chi connectivity index (χ2v) is 4.51. The molecule has 0 radical (unpaired) electrons. The molecule has 0 amide bonds. The molecule has 102 valence electrons. The summed E-state index contributed by atoms with van der Waals surface area (Å²) in [7, 11) is 0. The van der Waals surface area contributed by atoms with Crippen molar-refractivity contribution in [3.8, 4) is 5.69 Å². The molecule has 3 rings (SSSR count). The first-order valence-electron chi connectivity index (χ1n) is 6.33. The van der Waals surface area contributed by atoms with Crippen LogP contribution in [-0.4, -0.2) is 19.5 Å². The number of anilines is 1. The van der Waals surface area contributed by atoms with Crippen molar-refractivity contribution in [1.82, 2.24) is 19.5 Å². The predicted molar refractivity (Wildman–Crippen MR) is 77.0 cm³/mol. The second-order valence-electron chi connectivity index (χ2n) is 4.51. The maximum absolute atomic E-state index is 11.5. The summed E-state index contributed by atoms with van der Waals surface area (Å²) in [4.78, 5) is 21.4. The van der Waals surface area contributed by atoms with Gasteiger partial charge in [0.15, 0.2) is 0 Å². The zero-order valence-electron chi connectivity index (χ0n) is 11.1. The zero-order valence-corrected chi connectivity index (χ0v) is 11.1. The van der Waals surface area contributed by atoms with E-state index in [9.17, 15) is 4.79 Å². The molecule has 0 spiro atoms. The van der Waals surface area contributed by atoms with Gasteiger partial charge in [-0.1, -0.05) is 0 Å². The monoisotopic (exact) mass is 269 g/mol. The van der Waals surface area contributed by atoms with Crippen molar-refractivity contribution >= 4 is 5.69 Å². The molecule has 2 aromatic heterocycles. The minimum absolute atomic E-state index is 0.141. The van der Waals surface area contributed by atoms with Crippen LogP contribution in [0, 0.1) is 6.92 Å². The van der Waals surface area contributed by atoms with Gasteiger partial charge in [0, 0.05) is 23.8 Å². The van der Waals surface area contributed by atoms with Crippen LogP contribution >= 0.6 is 0 Å². The zero-order chi connectivity index (χ0) is 13.9. The van der Waals surface area contributed by atoms with Crippen LogP contribution < -0.4 is 11.0 Å². The maximum Gasteiger partial charge on any atom is 0.330 e. The first-order valence-corrected chi connectivity index (χ1v) is 6.33. The number of nitrogens with zero attached hydrogens (tertiary/aromatic N) is 2. The lowest BCUT2D eigenvalue weighted by Gasteiger charge is -2.07. The summed E-state index contributed by atoms with van der Waals surface area (Å²) >= 11 is 0. The van der Waals surface area contributed by atoms with Crippen molar-refractivity contribution < 1.29 is 0 Å². The normalized spacial score (nSPS) is 10.7. The minimum atomic E-state index is -0.141. The van der Waals surface area contributed by atoms with Gasteiger partial charge in [-0.2, -0.15) is 0 Å². The highest BCUT2D eigenvalue weighted by Crippen LogP contribution is 2.13. The fourth-order valence-electron chi connectivity index (χ4n) is 2.01. The summed E-state index contributed by atoms with van der Waals surface area (Å²) in [5, 5.41) is 3.30. The number of benzene rings is 1. The molecule has 0 saturated heterocycles. The van der Waals surface area contributed by atoms with Crippen LogP contribution in [0.2, 0.25) is 0 Å². The molecule has 0 bridgehead atoms. The van der Waals surface area contributed by atoms with Gasteiger partial charge in [0.05, 0.1) is 24.3 Å². The number of hydrogen-bond acceptors (Lipinski definition) is 3. The van der Waals surface area contributed by atoms with Gasteiger partial charge in [-0.15, -0.1) is 0 Å². The first-order chi connectivity index (χ1) is 9.74. The topological polar surface area (TPSA) is 78.5 Å². The molecule has 6 heteroatoms. The van der Waals surface area contributed by atoms with Crippen LogP contribution in [0.1, 0.15) is 11.4 Å². The van der Waals surface area contributed by atoms with E-state index >= 15 is 0 Å². The Morgan fingerprint density at radius 1 is 1.25 bits per heavy atom. The Balaban J connectivity index is 1.72. The Morgan fingerprint density at radius 2 is 2.05 bits per heavy atom. The highest BCUT2D eigenvalue weighted by molar-refractivity contribution is 5.48. The smallest absolute Gasteiger partial charge is 0.330 e. The van der Waals surface area contributed by atoms with Crippen LogP contribution in [0.5, 0.6) is 0 Å². The molecule has 0 saturated carbocycles. The second kappa shape index (κ2) is 5.08. The number of aromatic amines is 2. The summed E-state index contributed by atoms with van der Waals surface area (Å²) in [6.07, 6.45) is 5.01. The van der Waals surface area contributed by atoms with E-state index in [0.29, 0.717) is 6.54 Å². The molecule has 1 aromatic carbocycles. The molecule has 0 fully saturated rings. The van der Waals surface area contributed by atoms with Gasteiger partial charge in [-0.3, -0.25) is 4.57 Å². The van der Waals surface area contributed by atoms with Gasteiger partial charge >= 0.3 is 5.69 Å². The summed E-state index contributed by atoms with van der Waals surface area (Å²) in [6.45, 7) is 2.66. The molecule has 0 unspecified atom stereocenters. The summed E-state index contributed by atoms with van der Waals surface area (Å²) in [6, 6.07) is 7.68.